The molecule has 156 valence electrons. The molecule has 1 atom stereocenters. The molecule has 0 aliphatic heterocycles. The van der Waals surface area contributed by atoms with E-state index in [0.717, 1.165) is 28.5 Å². The fraction of sp³-hybridized carbons (Fsp3) is 0.125. The molecule has 1 amide bonds. The Morgan fingerprint density at radius 2 is 1.77 bits per heavy atom. The average molecular weight is 421 g/mol. The highest BCUT2D eigenvalue weighted by molar-refractivity contribution is 6.02. The Morgan fingerprint density at radius 3 is 2.45 bits per heavy atom. The third kappa shape index (κ3) is 4.40. The van der Waals surface area contributed by atoms with Crippen molar-refractivity contribution in [3.05, 3.63) is 96.1 Å². The van der Waals surface area contributed by atoms with Crippen LogP contribution in [-0.2, 0) is 6.18 Å². The summed E-state index contributed by atoms with van der Waals surface area (Å²) in [7, 11) is 0. The van der Waals surface area contributed by atoms with Crippen LogP contribution in [0.1, 0.15) is 34.6 Å². The average Bonchev–Trinajstić information content (AvgIpc) is 2.78. The Labute approximate surface area is 176 Å². The van der Waals surface area contributed by atoms with Crippen molar-refractivity contribution in [2.45, 2.75) is 19.1 Å². The van der Waals surface area contributed by atoms with Crippen LogP contribution >= 0.6 is 0 Å². The van der Waals surface area contributed by atoms with Crippen LogP contribution in [0.2, 0.25) is 0 Å². The number of halogens is 3. The van der Waals surface area contributed by atoms with E-state index in [1.807, 2.05) is 31.2 Å². The van der Waals surface area contributed by atoms with Crippen LogP contribution in [0.4, 0.5) is 13.2 Å². The Balaban J connectivity index is 1.61. The second kappa shape index (κ2) is 8.18. The third-order valence-electron chi connectivity index (χ3n) is 5.04. The molecule has 0 spiro atoms. The zero-order valence-corrected chi connectivity index (χ0v) is 16.5. The third-order valence-corrected chi connectivity index (χ3v) is 5.04. The minimum atomic E-state index is -4.37. The van der Waals surface area contributed by atoms with Gasteiger partial charge in [0, 0.05) is 18.0 Å². The first-order valence-corrected chi connectivity index (χ1v) is 9.60. The van der Waals surface area contributed by atoms with E-state index in [9.17, 15) is 18.0 Å². The zero-order chi connectivity index (χ0) is 22.0. The molecule has 0 bridgehead atoms. The molecule has 0 aliphatic rings. The number of aromatic nitrogens is 2. The molecular weight excluding hydrogens is 403 g/mol. The molecule has 0 saturated heterocycles. The molecule has 0 radical (unpaired) electrons. The van der Waals surface area contributed by atoms with Gasteiger partial charge in [-0.3, -0.25) is 14.8 Å². The van der Waals surface area contributed by atoms with E-state index in [-0.39, 0.29) is 11.9 Å². The minimum absolute atomic E-state index is 0.250. The van der Waals surface area contributed by atoms with Gasteiger partial charge in [0.05, 0.1) is 23.5 Å². The molecule has 0 aliphatic carbocycles. The molecule has 1 unspecified atom stereocenters. The van der Waals surface area contributed by atoms with Crippen molar-refractivity contribution in [2.24, 2.45) is 0 Å². The van der Waals surface area contributed by atoms with Crippen molar-refractivity contribution in [3.8, 4) is 11.1 Å². The lowest BCUT2D eigenvalue weighted by atomic mass is 9.96. The summed E-state index contributed by atoms with van der Waals surface area (Å²) in [5.41, 5.74) is 1.92. The summed E-state index contributed by atoms with van der Waals surface area (Å²) in [6.45, 7) is 1.83. The van der Waals surface area contributed by atoms with Crippen LogP contribution in [0.5, 0.6) is 0 Å². The highest BCUT2D eigenvalue weighted by atomic mass is 19.4. The summed E-state index contributed by atoms with van der Waals surface area (Å²) in [5.74, 6) is -0.250. The maximum absolute atomic E-state index is 12.8. The standard InChI is InChI=1S/C24H18F3N3O/c1-15(22-14-28-11-12-29-22)30-23(31)18-7-10-21-17(13-18)3-2-4-20(21)16-5-8-19(9-6-16)24(25,26)27/h2-15H,1H3,(H,30,31). The summed E-state index contributed by atoms with van der Waals surface area (Å²) in [5, 5.41) is 4.56. The zero-order valence-electron chi connectivity index (χ0n) is 16.5. The lowest BCUT2D eigenvalue weighted by Crippen LogP contribution is -2.27. The molecule has 1 aromatic heterocycles. The number of benzene rings is 3. The van der Waals surface area contributed by atoms with Crippen molar-refractivity contribution >= 4 is 16.7 Å². The van der Waals surface area contributed by atoms with E-state index in [0.29, 0.717) is 16.8 Å². The van der Waals surface area contributed by atoms with Gasteiger partial charge in [-0.2, -0.15) is 13.2 Å². The van der Waals surface area contributed by atoms with Crippen LogP contribution in [0.25, 0.3) is 21.9 Å². The SMILES string of the molecule is CC(NC(=O)c1ccc2c(-c3ccc(C(F)(F)F)cc3)cccc2c1)c1cnccn1. The second-order valence-electron chi connectivity index (χ2n) is 7.14. The van der Waals surface area contributed by atoms with Gasteiger partial charge in [0.2, 0.25) is 0 Å². The molecule has 4 nitrogen and oxygen atoms in total. The highest BCUT2D eigenvalue weighted by Gasteiger charge is 2.30. The Morgan fingerprint density at radius 1 is 1.00 bits per heavy atom. The smallest absolute Gasteiger partial charge is 0.344 e. The lowest BCUT2D eigenvalue weighted by molar-refractivity contribution is -0.137. The number of fused-ring (bicyclic) bond motifs is 1. The normalized spacial score (nSPS) is 12.5. The summed E-state index contributed by atoms with van der Waals surface area (Å²) >= 11 is 0. The number of nitrogens with one attached hydrogen (secondary N) is 1. The van der Waals surface area contributed by atoms with Crippen molar-refractivity contribution < 1.29 is 18.0 Å². The van der Waals surface area contributed by atoms with Gasteiger partial charge in [-0.25, -0.2) is 0 Å². The monoisotopic (exact) mass is 421 g/mol. The molecule has 7 heteroatoms. The molecule has 31 heavy (non-hydrogen) atoms. The number of hydrogen-bond acceptors (Lipinski definition) is 3. The molecule has 3 aromatic carbocycles. The summed E-state index contributed by atoms with van der Waals surface area (Å²) in [6, 6.07) is 15.6. The second-order valence-corrected chi connectivity index (χ2v) is 7.14. The summed E-state index contributed by atoms with van der Waals surface area (Å²) in [4.78, 5) is 20.9. The van der Waals surface area contributed by atoms with E-state index in [4.69, 9.17) is 0 Å². The maximum atomic E-state index is 12.8. The first kappa shape index (κ1) is 20.5. The van der Waals surface area contributed by atoms with Crippen molar-refractivity contribution in [3.63, 3.8) is 0 Å². The van der Waals surface area contributed by atoms with Gasteiger partial charge in [-0.1, -0.05) is 36.4 Å². The van der Waals surface area contributed by atoms with Crippen molar-refractivity contribution in [1.29, 1.82) is 0 Å². The minimum Gasteiger partial charge on any atom is -0.344 e. The molecule has 4 rings (SSSR count). The van der Waals surface area contributed by atoms with Gasteiger partial charge < -0.3 is 5.32 Å². The molecule has 1 heterocycles. The van der Waals surface area contributed by atoms with Crippen molar-refractivity contribution in [2.75, 3.05) is 0 Å². The Kier molecular flexibility index (Phi) is 5.42. The van der Waals surface area contributed by atoms with Gasteiger partial charge >= 0.3 is 6.18 Å². The van der Waals surface area contributed by atoms with Crippen LogP contribution in [0, 0.1) is 0 Å². The Bertz CT molecular complexity index is 1220. The van der Waals surface area contributed by atoms with Gasteiger partial charge in [0.15, 0.2) is 0 Å². The fourth-order valence-electron chi connectivity index (χ4n) is 3.40. The number of carbonyl (C=O) groups excluding carboxylic acids is 1. The van der Waals surface area contributed by atoms with Crippen molar-refractivity contribution in [1.82, 2.24) is 15.3 Å². The molecule has 1 N–H and O–H groups in total. The lowest BCUT2D eigenvalue weighted by Gasteiger charge is -2.14. The molecule has 0 saturated carbocycles. The predicted molar refractivity (Wildman–Crippen MR) is 112 cm³/mol. The number of amides is 1. The first-order valence-electron chi connectivity index (χ1n) is 9.60. The fourth-order valence-corrected chi connectivity index (χ4v) is 3.40. The quantitative estimate of drug-likeness (QED) is 0.453. The van der Waals surface area contributed by atoms with Gasteiger partial charge in [-0.15, -0.1) is 0 Å². The van der Waals surface area contributed by atoms with Gasteiger partial charge in [0.1, 0.15) is 0 Å². The summed E-state index contributed by atoms with van der Waals surface area (Å²) < 4.78 is 38.5. The van der Waals surface area contributed by atoms with Crippen LogP contribution in [0.15, 0.2) is 79.3 Å². The Hall–Kier alpha value is -3.74. The van der Waals surface area contributed by atoms with Gasteiger partial charge in [0.25, 0.3) is 5.91 Å². The molecule has 0 fully saturated rings. The number of nitrogens with zero attached hydrogens (tertiary/aromatic N) is 2. The summed E-state index contributed by atoms with van der Waals surface area (Å²) in [6.07, 6.45) is 0.357. The van der Waals surface area contributed by atoms with Crippen LogP contribution in [0.3, 0.4) is 0 Å². The largest absolute Gasteiger partial charge is 0.416 e. The van der Waals surface area contributed by atoms with E-state index in [1.165, 1.54) is 12.1 Å². The number of alkyl halides is 3. The highest BCUT2D eigenvalue weighted by Crippen LogP contribution is 2.33. The van der Waals surface area contributed by atoms with E-state index >= 15 is 0 Å². The number of rotatable bonds is 4. The number of hydrogen-bond donors (Lipinski definition) is 1. The van der Waals surface area contributed by atoms with Gasteiger partial charge in [-0.05, 0) is 53.1 Å². The van der Waals surface area contributed by atoms with Crippen LogP contribution < -0.4 is 5.32 Å². The number of carbonyl (C=O) groups is 1. The van der Waals surface area contributed by atoms with E-state index in [1.54, 1.807) is 30.7 Å². The van der Waals surface area contributed by atoms with E-state index < -0.39 is 11.7 Å². The van der Waals surface area contributed by atoms with E-state index in [2.05, 4.69) is 15.3 Å². The molecule has 4 aromatic rings. The first-order chi connectivity index (χ1) is 14.8. The molecular formula is C24H18F3N3O. The van der Waals surface area contributed by atoms with Crippen LogP contribution in [-0.4, -0.2) is 15.9 Å². The predicted octanol–water partition coefficient (Wildman–Crippen LogP) is 5.81. The topological polar surface area (TPSA) is 54.9 Å². The maximum Gasteiger partial charge on any atom is 0.416 e.